The minimum Gasteiger partial charge on any atom is -0.394 e. The highest BCUT2D eigenvalue weighted by molar-refractivity contribution is 5.98. The van der Waals surface area contributed by atoms with Crippen molar-refractivity contribution >= 4 is 33.7 Å². The maximum Gasteiger partial charge on any atom is 0.273 e. The number of aromatic nitrogens is 3. The number of anilines is 4. The van der Waals surface area contributed by atoms with Crippen molar-refractivity contribution in [3.05, 3.63) is 65.2 Å². The molecule has 30 heavy (non-hydrogen) atoms. The monoisotopic (exact) mass is 400 g/mol. The van der Waals surface area contributed by atoms with Crippen LogP contribution in [-0.4, -0.2) is 34.5 Å². The van der Waals surface area contributed by atoms with Crippen LogP contribution in [0.3, 0.4) is 0 Å². The number of hydrogen-bond acceptors (Lipinski definition) is 5. The Morgan fingerprint density at radius 2 is 1.77 bits per heavy atom. The van der Waals surface area contributed by atoms with Gasteiger partial charge in [-0.05, 0) is 35.9 Å². The Kier molecular flexibility index (Phi) is 4.06. The van der Waals surface area contributed by atoms with E-state index in [1.54, 1.807) is 17.7 Å². The fraction of sp³-hybridized carbons (Fsp3) is 0.217. The van der Waals surface area contributed by atoms with Gasteiger partial charge >= 0.3 is 0 Å². The van der Waals surface area contributed by atoms with E-state index in [1.165, 1.54) is 0 Å². The molecule has 0 spiro atoms. The van der Waals surface area contributed by atoms with Gasteiger partial charge in [-0.15, -0.1) is 0 Å². The number of nitrogen functional groups attached to an aromatic ring is 1. The smallest absolute Gasteiger partial charge is 0.273 e. The van der Waals surface area contributed by atoms with E-state index in [0.717, 1.165) is 52.2 Å². The number of aryl methyl sites for hydroxylation is 2. The number of likely N-dealkylation sites (N-methyl/N-ethyl adjacent to an activating group) is 1. The van der Waals surface area contributed by atoms with E-state index in [9.17, 15) is 4.79 Å². The first-order chi connectivity index (χ1) is 14.4. The quantitative estimate of drug-likeness (QED) is 0.560. The fourth-order valence-corrected chi connectivity index (χ4v) is 4.29. The van der Waals surface area contributed by atoms with Crippen molar-refractivity contribution < 1.29 is 0 Å². The summed E-state index contributed by atoms with van der Waals surface area (Å²) in [6.45, 7) is 1.73. The molecule has 0 atom stereocenters. The van der Waals surface area contributed by atoms with Gasteiger partial charge < -0.3 is 20.1 Å². The molecule has 7 heteroatoms. The number of pyridine rings is 1. The van der Waals surface area contributed by atoms with Crippen LogP contribution in [0.4, 0.5) is 22.7 Å². The number of nitrogens with two attached hydrogens (primary N) is 1. The highest BCUT2D eigenvalue weighted by atomic mass is 16.1. The molecule has 0 radical (unpaired) electrons. The molecule has 0 saturated heterocycles. The average molecular weight is 400 g/mol. The third-order valence-corrected chi connectivity index (χ3v) is 5.94. The zero-order valence-corrected chi connectivity index (χ0v) is 17.3. The van der Waals surface area contributed by atoms with Crippen LogP contribution in [-0.2, 0) is 14.1 Å². The van der Waals surface area contributed by atoms with Gasteiger partial charge in [0.2, 0.25) is 0 Å². The molecular weight excluding hydrogens is 376 g/mol. The standard InChI is InChI=1S/C23H24N6O/c1-26-9-10-29(20-6-4-5-19-17(20)12-18(24)23(30)28(19)3)21-8-7-15(11-22(21)26)16-13-25-27(2)14-16/h4-8,11-14H,9-10,24H2,1-3H3. The van der Waals surface area contributed by atoms with E-state index in [-0.39, 0.29) is 11.2 Å². The largest absolute Gasteiger partial charge is 0.394 e. The van der Waals surface area contributed by atoms with Crippen molar-refractivity contribution in [2.45, 2.75) is 0 Å². The highest BCUT2D eigenvalue weighted by Gasteiger charge is 2.24. The second kappa shape index (κ2) is 6.66. The van der Waals surface area contributed by atoms with E-state index in [0.29, 0.717) is 0 Å². The van der Waals surface area contributed by atoms with Crippen molar-refractivity contribution in [3.63, 3.8) is 0 Å². The van der Waals surface area contributed by atoms with Gasteiger partial charge in [-0.1, -0.05) is 12.1 Å². The summed E-state index contributed by atoms with van der Waals surface area (Å²) in [6.07, 6.45) is 3.91. The zero-order valence-electron chi connectivity index (χ0n) is 17.3. The second-order valence-corrected chi connectivity index (χ2v) is 7.85. The first kappa shape index (κ1) is 18.3. The molecule has 0 unspecified atom stereocenters. The minimum absolute atomic E-state index is 0.167. The normalized spacial score (nSPS) is 13.7. The summed E-state index contributed by atoms with van der Waals surface area (Å²) in [5.74, 6) is 0. The Balaban J connectivity index is 1.68. The molecule has 0 saturated carbocycles. The molecule has 0 fully saturated rings. The predicted octanol–water partition coefficient (Wildman–Crippen LogP) is 3.11. The van der Waals surface area contributed by atoms with E-state index in [4.69, 9.17) is 5.73 Å². The highest BCUT2D eigenvalue weighted by Crippen LogP contribution is 2.41. The van der Waals surface area contributed by atoms with Crippen LogP contribution in [0.25, 0.3) is 22.0 Å². The third kappa shape index (κ3) is 2.74. The molecule has 1 aliphatic heterocycles. The molecule has 152 valence electrons. The molecule has 5 rings (SSSR count). The predicted molar refractivity (Wildman–Crippen MR) is 123 cm³/mol. The Bertz CT molecular complexity index is 1340. The molecule has 3 heterocycles. The van der Waals surface area contributed by atoms with Gasteiger partial charge in [0.25, 0.3) is 5.56 Å². The van der Waals surface area contributed by atoms with Gasteiger partial charge in [-0.2, -0.15) is 5.10 Å². The SMILES string of the molecule is CN1CCN(c2cccc3c2cc(N)c(=O)n3C)c2ccc(-c3cnn(C)c3)cc21. The molecule has 2 N–H and O–H groups in total. The maximum absolute atomic E-state index is 12.3. The molecule has 0 amide bonds. The van der Waals surface area contributed by atoms with E-state index in [1.807, 2.05) is 36.3 Å². The van der Waals surface area contributed by atoms with Gasteiger partial charge in [0, 0.05) is 51.4 Å². The number of fused-ring (bicyclic) bond motifs is 2. The Labute approximate surface area is 174 Å². The maximum atomic E-state index is 12.3. The second-order valence-electron chi connectivity index (χ2n) is 7.85. The summed E-state index contributed by atoms with van der Waals surface area (Å²) in [5.41, 5.74) is 12.6. The molecule has 0 aliphatic carbocycles. The fourth-order valence-electron chi connectivity index (χ4n) is 4.29. The summed E-state index contributed by atoms with van der Waals surface area (Å²) in [7, 11) is 5.81. The number of benzene rings is 2. The lowest BCUT2D eigenvalue weighted by atomic mass is 10.0. The van der Waals surface area contributed by atoms with Crippen LogP contribution in [0.1, 0.15) is 0 Å². The summed E-state index contributed by atoms with van der Waals surface area (Å²) in [4.78, 5) is 16.9. The van der Waals surface area contributed by atoms with Crippen molar-refractivity contribution in [3.8, 4) is 11.1 Å². The lowest BCUT2D eigenvalue weighted by molar-refractivity contribution is 0.768. The topological polar surface area (TPSA) is 72.3 Å². The van der Waals surface area contributed by atoms with Gasteiger partial charge in [0.05, 0.1) is 34.5 Å². The van der Waals surface area contributed by atoms with E-state index < -0.39 is 0 Å². The lowest BCUT2D eigenvalue weighted by Crippen LogP contribution is -2.36. The third-order valence-electron chi connectivity index (χ3n) is 5.94. The molecule has 2 aromatic heterocycles. The molecular formula is C23H24N6O. The first-order valence-electron chi connectivity index (χ1n) is 9.94. The summed E-state index contributed by atoms with van der Waals surface area (Å²) in [5, 5.41) is 5.27. The van der Waals surface area contributed by atoms with Crippen LogP contribution < -0.4 is 21.1 Å². The van der Waals surface area contributed by atoms with E-state index >= 15 is 0 Å². The molecule has 0 bridgehead atoms. The zero-order chi connectivity index (χ0) is 21.0. The summed E-state index contributed by atoms with van der Waals surface area (Å²) < 4.78 is 3.44. The minimum atomic E-state index is -0.167. The first-order valence-corrected chi connectivity index (χ1v) is 9.94. The number of nitrogens with zero attached hydrogens (tertiary/aromatic N) is 5. The van der Waals surface area contributed by atoms with Crippen molar-refractivity contribution in [1.82, 2.24) is 14.3 Å². The van der Waals surface area contributed by atoms with Crippen molar-refractivity contribution in [2.75, 3.05) is 35.7 Å². The van der Waals surface area contributed by atoms with Crippen LogP contribution in [0.2, 0.25) is 0 Å². The molecule has 7 nitrogen and oxygen atoms in total. The Morgan fingerprint density at radius 1 is 0.933 bits per heavy atom. The van der Waals surface area contributed by atoms with Crippen LogP contribution >= 0.6 is 0 Å². The van der Waals surface area contributed by atoms with Crippen LogP contribution in [0, 0.1) is 0 Å². The molecule has 4 aromatic rings. The average Bonchev–Trinajstić information content (AvgIpc) is 3.18. The summed E-state index contributed by atoms with van der Waals surface area (Å²) in [6, 6.07) is 14.4. The molecule has 1 aliphatic rings. The van der Waals surface area contributed by atoms with Gasteiger partial charge in [-0.25, -0.2) is 0 Å². The molecule has 2 aromatic carbocycles. The summed E-state index contributed by atoms with van der Waals surface area (Å²) >= 11 is 0. The van der Waals surface area contributed by atoms with Gasteiger partial charge in [-0.3, -0.25) is 9.48 Å². The van der Waals surface area contributed by atoms with Crippen molar-refractivity contribution in [1.29, 1.82) is 0 Å². The van der Waals surface area contributed by atoms with E-state index in [2.05, 4.69) is 46.2 Å². The van der Waals surface area contributed by atoms with Gasteiger partial charge in [0.15, 0.2) is 0 Å². The Hall–Kier alpha value is -3.74. The van der Waals surface area contributed by atoms with Gasteiger partial charge in [0.1, 0.15) is 0 Å². The lowest BCUT2D eigenvalue weighted by Gasteiger charge is -2.38. The van der Waals surface area contributed by atoms with Crippen LogP contribution in [0.15, 0.2) is 59.7 Å². The Morgan fingerprint density at radius 3 is 2.53 bits per heavy atom. The number of hydrogen-bond donors (Lipinski definition) is 1. The van der Waals surface area contributed by atoms with Crippen molar-refractivity contribution in [2.24, 2.45) is 14.1 Å². The number of rotatable bonds is 2. The van der Waals surface area contributed by atoms with Crippen LogP contribution in [0.5, 0.6) is 0 Å².